The van der Waals surface area contributed by atoms with Gasteiger partial charge >= 0.3 is 0 Å². The highest BCUT2D eigenvalue weighted by Gasteiger charge is 2.57. The van der Waals surface area contributed by atoms with Crippen LogP contribution in [0, 0.1) is 11.3 Å². The summed E-state index contributed by atoms with van der Waals surface area (Å²) in [7, 11) is 0. The van der Waals surface area contributed by atoms with E-state index in [4.69, 9.17) is 11.6 Å². The fourth-order valence-electron chi connectivity index (χ4n) is 4.35. The Morgan fingerprint density at radius 3 is 2.58 bits per heavy atom. The molecule has 1 saturated heterocycles. The molecule has 136 valence electrons. The van der Waals surface area contributed by atoms with Crippen LogP contribution in [0.5, 0.6) is 0 Å². The number of nitrogens with one attached hydrogen (secondary N) is 2. The first-order chi connectivity index (χ1) is 12.6. The number of hydrogen-bond acceptors (Lipinski definition) is 2. The molecule has 0 radical (unpaired) electrons. The van der Waals surface area contributed by atoms with Crippen LogP contribution >= 0.6 is 11.6 Å². The van der Waals surface area contributed by atoms with Crippen LogP contribution in [-0.2, 0) is 4.79 Å². The Kier molecular flexibility index (Phi) is 4.76. The molecule has 2 aromatic carbocycles. The normalized spacial score (nSPS) is 22.0. The lowest BCUT2D eigenvalue weighted by molar-refractivity contribution is -0.123. The van der Waals surface area contributed by atoms with Gasteiger partial charge < -0.3 is 10.6 Å². The molecule has 1 heterocycles. The topological polar surface area (TPSA) is 41.1 Å². The third kappa shape index (κ3) is 3.38. The zero-order valence-corrected chi connectivity index (χ0v) is 15.9. The molecule has 2 unspecified atom stereocenters. The molecule has 1 spiro atoms. The maximum atomic E-state index is 12.8. The quantitative estimate of drug-likeness (QED) is 0.829. The molecule has 2 aromatic rings. The number of amides is 1. The second-order valence-electron chi connectivity index (χ2n) is 7.69. The van der Waals surface area contributed by atoms with Crippen molar-refractivity contribution >= 4 is 17.5 Å². The minimum Gasteiger partial charge on any atom is -0.349 e. The number of carbonyl (C=O) groups is 1. The van der Waals surface area contributed by atoms with Gasteiger partial charge in [0.15, 0.2) is 0 Å². The van der Waals surface area contributed by atoms with Gasteiger partial charge in [-0.1, -0.05) is 48.0 Å². The van der Waals surface area contributed by atoms with Gasteiger partial charge in [0.2, 0.25) is 5.91 Å². The van der Waals surface area contributed by atoms with Crippen LogP contribution in [0.1, 0.15) is 37.8 Å². The van der Waals surface area contributed by atoms with Gasteiger partial charge in [-0.25, -0.2) is 0 Å². The molecular weight excluding hydrogens is 344 g/mol. The van der Waals surface area contributed by atoms with E-state index in [1.54, 1.807) is 0 Å². The maximum Gasteiger partial charge on any atom is 0.224 e. The number of halogens is 1. The molecule has 2 fully saturated rings. The van der Waals surface area contributed by atoms with Crippen LogP contribution in [0.3, 0.4) is 0 Å². The summed E-state index contributed by atoms with van der Waals surface area (Å²) in [6.07, 6.45) is 3.30. The highest BCUT2D eigenvalue weighted by atomic mass is 35.5. The summed E-state index contributed by atoms with van der Waals surface area (Å²) in [6.45, 7) is 4.15. The summed E-state index contributed by atoms with van der Waals surface area (Å²) < 4.78 is 0. The number of hydrogen-bond donors (Lipinski definition) is 2. The monoisotopic (exact) mass is 368 g/mol. The molecule has 26 heavy (non-hydrogen) atoms. The van der Waals surface area contributed by atoms with Gasteiger partial charge in [0.25, 0.3) is 0 Å². The van der Waals surface area contributed by atoms with Crippen molar-refractivity contribution in [1.82, 2.24) is 10.6 Å². The Bertz CT molecular complexity index is 796. The molecule has 2 aliphatic rings. The Hall–Kier alpha value is -1.84. The first-order valence-corrected chi connectivity index (χ1v) is 9.83. The largest absolute Gasteiger partial charge is 0.349 e. The van der Waals surface area contributed by atoms with E-state index in [9.17, 15) is 4.79 Å². The molecule has 1 aliphatic carbocycles. The van der Waals surface area contributed by atoms with Crippen LogP contribution in [-0.4, -0.2) is 19.0 Å². The van der Waals surface area contributed by atoms with Crippen molar-refractivity contribution in [1.29, 1.82) is 0 Å². The highest BCUT2D eigenvalue weighted by molar-refractivity contribution is 6.30. The molecule has 4 rings (SSSR count). The fourth-order valence-corrected chi connectivity index (χ4v) is 4.48. The lowest BCUT2D eigenvalue weighted by atomic mass is 9.91. The molecule has 0 aromatic heterocycles. The first-order valence-electron chi connectivity index (χ1n) is 9.45. The van der Waals surface area contributed by atoms with Crippen molar-refractivity contribution in [3.05, 3.63) is 59.1 Å². The van der Waals surface area contributed by atoms with Crippen molar-refractivity contribution in [2.75, 3.05) is 13.1 Å². The van der Waals surface area contributed by atoms with Gasteiger partial charge in [0, 0.05) is 10.9 Å². The number of rotatable bonds is 4. The summed E-state index contributed by atoms with van der Waals surface area (Å²) in [4.78, 5) is 12.8. The molecule has 1 saturated carbocycles. The summed E-state index contributed by atoms with van der Waals surface area (Å²) in [5.41, 5.74) is 3.67. The van der Waals surface area contributed by atoms with Gasteiger partial charge in [-0.05, 0) is 73.5 Å². The molecule has 2 atom stereocenters. The Morgan fingerprint density at radius 1 is 1.15 bits per heavy atom. The van der Waals surface area contributed by atoms with Crippen molar-refractivity contribution in [2.24, 2.45) is 11.3 Å². The number of benzene rings is 2. The second kappa shape index (κ2) is 7.05. The minimum absolute atomic E-state index is 0.0197. The lowest BCUT2D eigenvalue weighted by Gasteiger charge is -2.24. The van der Waals surface area contributed by atoms with Crippen LogP contribution in [0.2, 0.25) is 5.02 Å². The Labute approximate surface area is 160 Å². The molecule has 1 amide bonds. The van der Waals surface area contributed by atoms with Crippen molar-refractivity contribution in [3.63, 3.8) is 0 Å². The van der Waals surface area contributed by atoms with E-state index >= 15 is 0 Å². The molecule has 1 aliphatic heterocycles. The molecule has 3 nitrogen and oxygen atoms in total. The predicted octanol–water partition coefficient (Wildman–Crippen LogP) is 4.57. The fraction of sp³-hybridized carbons (Fsp3) is 0.409. The van der Waals surface area contributed by atoms with Crippen LogP contribution in [0.15, 0.2) is 48.5 Å². The van der Waals surface area contributed by atoms with Crippen molar-refractivity contribution in [3.8, 4) is 11.1 Å². The summed E-state index contributed by atoms with van der Waals surface area (Å²) in [6, 6.07) is 16.1. The average molecular weight is 369 g/mol. The van der Waals surface area contributed by atoms with E-state index in [0.717, 1.165) is 54.1 Å². The number of carbonyl (C=O) groups excluding carboxylic acids is 1. The molecule has 4 heteroatoms. The summed E-state index contributed by atoms with van der Waals surface area (Å²) in [5, 5.41) is 7.39. The highest BCUT2D eigenvalue weighted by Crippen LogP contribution is 2.58. The second-order valence-corrected chi connectivity index (χ2v) is 8.13. The molecule has 0 bridgehead atoms. The lowest BCUT2D eigenvalue weighted by Crippen LogP contribution is -2.34. The van der Waals surface area contributed by atoms with E-state index in [1.807, 2.05) is 36.4 Å². The average Bonchev–Trinajstić information content (AvgIpc) is 3.36. The Balaban J connectivity index is 1.49. The number of piperidine rings is 1. The van der Waals surface area contributed by atoms with Gasteiger partial charge in [-0.15, -0.1) is 0 Å². The standard InChI is InChI=1S/C22H25ClN2O/c1-15(25-21(26)20-14-22(20)10-12-24-13-11-22)18-4-2-3-5-19(18)16-6-8-17(23)9-7-16/h2-9,15,20,24H,10-14H2,1H3,(H,25,26). The zero-order chi connectivity index (χ0) is 18.1. The van der Waals surface area contributed by atoms with E-state index in [1.165, 1.54) is 0 Å². The van der Waals surface area contributed by atoms with E-state index in [2.05, 4.69) is 29.7 Å². The third-order valence-corrected chi connectivity index (χ3v) is 6.30. The third-order valence-electron chi connectivity index (χ3n) is 6.05. The Morgan fingerprint density at radius 2 is 1.85 bits per heavy atom. The van der Waals surface area contributed by atoms with Gasteiger partial charge in [-0.3, -0.25) is 4.79 Å². The molecular formula is C22H25ClN2O. The summed E-state index contributed by atoms with van der Waals surface area (Å²) in [5.74, 6) is 0.403. The van der Waals surface area contributed by atoms with E-state index < -0.39 is 0 Å². The van der Waals surface area contributed by atoms with Crippen LogP contribution < -0.4 is 10.6 Å². The van der Waals surface area contributed by atoms with Crippen LogP contribution in [0.25, 0.3) is 11.1 Å². The first kappa shape index (κ1) is 17.6. The maximum absolute atomic E-state index is 12.8. The minimum atomic E-state index is -0.0197. The van der Waals surface area contributed by atoms with E-state index in [-0.39, 0.29) is 23.3 Å². The van der Waals surface area contributed by atoms with Gasteiger partial charge in [-0.2, -0.15) is 0 Å². The van der Waals surface area contributed by atoms with Crippen LogP contribution in [0.4, 0.5) is 0 Å². The van der Waals surface area contributed by atoms with Crippen molar-refractivity contribution < 1.29 is 4.79 Å². The molecule has 2 N–H and O–H groups in total. The van der Waals surface area contributed by atoms with Gasteiger partial charge in [0.05, 0.1) is 6.04 Å². The SMILES string of the molecule is CC(NC(=O)C1CC12CCNCC2)c1ccccc1-c1ccc(Cl)cc1. The van der Waals surface area contributed by atoms with E-state index in [0.29, 0.717) is 0 Å². The summed E-state index contributed by atoms with van der Waals surface area (Å²) >= 11 is 6.02. The van der Waals surface area contributed by atoms with Crippen molar-refractivity contribution in [2.45, 2.75) is 32.2 Å². The zero-order valence-electron chi connectivity index (χ0n) is 15.1. The smallest absolute Gasteiger partial charge is 0.224 e. The van der Waals surface area contributed by atoms with Gasteiger partial charge in [0.1, 0.15) is 0 Å². The predicted molar refractivity (Wildman–Crippen MR) is 106 cm³/mol.